The molecule has 0 bridgehead atoms. The van der Waals surface area contributed by atoms with Crippen LogP contribution >= 0.6 is 11.3 Å². The number of hydrogen-bond acceptors (Lipinski definition) is 7. The molecule has 0 atom stereocenters. The van der Waals surface area contributed by atoms with Gasteiger partial charge in [0.2, 0.25) is 0 Å². The number of nitrogens with zero attached hydrogens (tertiary/aromatic N) is 3. The lowest BCUT2D eigenvalue weighted by molar-refractivity contribution is 0.279. The van der Waals surface area contributed by atoms with Crippen LogP contribution in [0.4, 0.5) is 10.2 Å². The maximum Gasteiger partial charge on any atom is 0.318 e. The number of ether oxygens (including phenoxy) is 2. The van der Waals surface area contributed by atoms with E-state index in [1.165, 1.54) is 11.3 Å². The number of thiophene rings is 1. The largest absolute Gasteiger partial charge is 0.497 e. The topological polar surface area (TPSA) is 68.6 Å². The molecule has 1 N–H and O–H groups in total. The molecule has 0 radical (unpaired) electrons. The summed E-state index contributed by atoms with van der Waals surface area (Å²) < 4.78 is 24.4. The van der Waals surface area contributed by atoms with Crippen molar-refractivity contribution in [2.24, 2.45) is 5.10 Å². The van der Waals surface area contributed by atoms with Crippen LogP contribution in [0, 0.1) is 5.82 Å². The lowest BCUT2D eigenvalue weighted by Crippen LogP contribution is -2.04. The molecule has 0 aliphatic heterocycles. The average Bonchev–Trinajstić information content (AvgIpc) is 3.16. The Labute approximate surface area is 148 Å². The summed E-state index contributed by atoms with van der Waals surface area (Å²) in [6, 6.07) is 11.3. The highest BCUT2D eigenvalue weighted by Crippen LogP contribution is 2.17. The minimum absolute atomic E-state index is 0.0524. The van der Waals surface area contributed by atoms with Gasteiger partial charge < -0.3 is 9.47 Å². The number of anilines is 1. The van der Waals surface area contributed by atoms with Crippen LogP contribution in [-0.4, -0.2) is 23.3 Å². The van der Waals surface area contributed by atoms with Gasteiger partial charge in [0.25, 0.3) is 0 Å². The number of halogens is 1. The van der Waals surface area contributed by atoms with Crippen LogP contribution in [0.2, 0.25) is 0 Å². The van der Waals surface area contributed by atoms with Gasteiger partial charge in [0.1, 0.15) is 12.4 Å². The van der Waals surface area contributed by atoms with Crippen molar-refractivity contribution in [3.05, 3.63) is 64.2 Å². The summed E-state index contributed by atoms with van der Waals surface area (Å²) in [4.78, 5) is 8.75. The van der Waals surface area contributed by atoms with E-state index in [-0.39, 0.29) is 18.4 Å². The fourth-order valence-corrected chi connectivity index (χ4v) is 2.52. The van der Waals surface area contributed by atoms with E-state index in [0.717, 1.165) is 22.4 Å². The second-order valence-corrected chi connectivity index (χ2v) is 5.85. The first-order valence-electron chi connectivity index (χ1n) is 7.35. The number of methoxy groups -OCH3 is 1. The maximum absolute atomic E-state index is 13.8. The predicted octanol–water partition coefficient (Wildman–Crippen LogP) is 3.71. The molecule has 0 spiro atoms. The quantitative estimate of drug-likeness (QED) is 0.515. The second kappa shape index (κ2) is 8.20. The zero-order valence-electron chi connectivity index (χ0n) is 13.3. The summed E-state index contributed by atoms with van der Waals surface area (Å²) in [6.07, 6.45) is 2.62. The van der Waals surface area contributed by atoms with E-state index >= 15 is 0 Å². The SMILES string of the molecule is COc1cccc(COc2ncc(F)c(N/N=C/c3cccs3)n2)c1. The highest BCUT2D eigenvalue weighted by atomic mass is 32.1. The van der Waals surface area contributed by atoms with E-state index in [4.69, 9.17) is 9.47 Å². The van der Waals surface area contributed by atoms with Crippen LogP contribution in [-0.2, 0) is 6.61 Å². The zero-order valence-corrected chi connectivity index (χ0v) is 14.2. The van der Waals surface area contributed by atoms with Gasteiger partial charge in [-0.05, 0) is 29.1 Å². The zero-order chi connectivity index (χ0) is 17.5. The Balaban J connectivity index is 1.64. The van der Waals surface area contributed by atoms with Gasteiger partial charge >= 0.3 is 6.01 Å². The van der Waals surface area contributed by atoms with E-state index in [0.29, 0.717) is 0 Å². The first-order chi connectivity index (χ1) is 12.2. The molecule has 0 aliphatic carbocycles. The molecule has 0 unspecified atom stereocenters. The molecule has 0 saturated heterocycles. The Kier molecular flexibility index (Phi) is 5.53. The fraction of sp³-hybridized carbons (Fsp3) is 0.118. The third kappa shape index (κ3) is 4.74. The fourth-order valence-electron chi connectivity index (χ4n) is 1.93. The second-order valence-electron chi connectivity index (χ2n) is 4.87. The smallest absolute Gasteiger partial charge is 0.318 e. The van der Waals surface area contributed by atoms with Crippen molar-refractivity contribution in [2.45, 2.75) is 6.61 Å². The van der Waals surface area contributed by atoms with Crippen LogP contribution in [0.25, 0.3) is 0 Å². The number of hydrazone groups is 1. The molecule has 0 aliphatic rings. The van der Waals surface area contributed by atoms with Crippen LogP contribution < -0.4 is 14.9 Å². The summed E-state index contributed by atoms with van der Waals surface area (Å²) in [5.74, 6) is 0.0619. The van der Waals surface area contributed by atoms with E-state index in [9.17, 15) is 4.39 Å². The summed E-state index contributed by atoms with van der Waals surface area (Å²) >= 11 is 1.52. The molecular formula is C17H15FN4O2S. The van der Waals surface area contributed by atoms with Gasteiger partial charge in [0.05, 0.1) is 19.5 Å². The summed E-state index contributed by atoms with van der Waals surface area (Å²) in [5, 5.41) is 5.89. The lowest BCUT2D eigenvalue weighted by Gasteiger charge is -2.07. The van der Waals surface area contributed by atoms with Gasteiger partial charge in [-0.1, -0.05) is 18.2 Å². The normalized spacial score (nSPS) is 10.8. The van der Waals surface area contributed by atoms with Crippen molar-refractivity contribution in [3.63, 3.8) is 0 Å². The predicted molar refractivity (Wildman–Crippen MR) is 94.9 cm³/mol. The van der Waals surface area contributed by atoms with Crippen LogP contribution in [0.3, 0.4) is 0 Å². The molecule has 2 heterocycles. The monoisotopic (exact) mass is 358 g/mol. The number of rotatable bonds is 7. The molecule has 3 rings (SSSR count). The average molecular weight is 358 g/mol. The van der Waals surface area contributed by atoms with Crippen molar-refractivity contribution in [2.75, 3.05) is 12.5 Å². The molecule has 25 heavy (non-hydrogen) atoms. The van der Waals surface area contributed by atoms with Crippen molar-refractivity contribution in [1.82, 2.24) is 9.97 Å². The first kappa shape index (κ1) is 16.8. The van der Waals surface area contributed by atoms with E-state index in [1.54, 1.807) is 13.3 Å². The number of aromatic nitrogens is 2. The van der Waals surface area contributed by atoms with Crippen molar-refractivity contribution < 1.29 is 13.9 Å². The summed E-state index contributed by atoms with van der Waals surface area (Å²) in [6.45, 7) is 0.237. The minimum atomic E-state index is -0.614. The highest BCUT2D eigenvalue weighted by Gasteiger charge is 2.07. The molecule has 0 saturated carbocycles. The van der Waals surface area contributed by atoms with Gasteiger partial charge in [0, 0.05) is 4.88 Å². The summed E-state index contributed by atoms with van der Waals surface area (Å²) in [7, 11) is 1.59. The number of nitrogens with one attached hydrogen (secondary N) is 1. The van der Waals surface area contributed by atoms with E-state index in [2.05, 4.69) is 20.5 Å². The number of benzene rings is 1. The first-order valence-corrected chi connectivity index (χ1v) is 8.23. The molecule has 8 heteroatoms. The van der Waals surface area contributed by atoms with Gasteiger partial charge in [-0.3, -0.25) is 5.43 Å². The Morgan fingerprint density at radius 3 is 3.04 bits per heavy atom. The minimum Gasteiger partial charge on any atom is -0.497 e. The van der Waals surface area contributed by atoms with Gasteiger partial charge in [0.15, 0.2) is 11.6 Å². The van der Waals surface area contributed by atoms with Gasteiger partial charge in [-0.15, -0.1) is 11.3 Å². The Bertz CT molecular complexity index is 856. The molecular weight excluding hydrogens is 343 g/mol. The third-order valence-corrected chi connectivity index (χ3v) is 3.94. The summed E-state index contributed by atoms with van der Waals surface area (Å²) in [5.41, 5.74) is 3.44. The Hall–Kier alpha value is -3.00. The molecule has 0 fully saturated rings. The van der Waals surface area contributed by atoms with Crippen LogP contribution in [0.1, 0.15) is 10.4 Å². The molecule has 128 valence electrons. The Morgan fingerprint density at radius 2 is 2.24 bits per heavy atom. The highest BCUT2D eigenvalue weighted by molar-refractivity contribution is 7.11. The molecule has 2 aromatic heterocycles. The van der Waals surface area contributed by atoms with Gasteiger partial charge in [-0.25, -0.2) is 9.37 Å². The van der Waals surface area contributed by atoms with E-state index < -0.39 is 5.82 Å². The van der Waals surface area contributed by atoms with E-state index in [1.807, 2.05) is 41.8 Å². The molecule has 0 amide bonds. The molecule has 1 aromatic carbocycles. The van der Waals surface area contributed by atoms with Crippen LogP contribution in [0.15, 0.2) is 53.1 Å². The third-order valence-electron chi connectivity index (χ3n) is 3.13. The Morgan fingerprint density at radius 1 is 1.32 bits per heavy atom. The standard InChI is InChI=1S/C17H15FN4O2S/c1-23-13-5-2-4-12(8-13)11-24-17-19-10-15(18)16(21-17)22-20-9-14-6-3-7-25-14/h2-10H,11H2,1H3,(H,19,21,22)/b20-9+. The van der Waals surface area contributed by atoms with Crippen molar-refractivity contribution in [1.29, 1.82) is 0 Å². The van der Waals surface area contributed by atoms with Crippen LogP contribution in [0.5, 0.6) is 11.8 Å². The van der Waals surface area contributed by atoms with Crippen molar-refractivity contribution in [3.8, 4) is 11.8 Å². The number of hydrogen-bond donors (Lipinski definition) is 1. The lowest BCUT2D eigenvalue weighted by atomic mass is 10.2. The molecule has 3 aromatic rings. The van der Waals surface area contributed by atoms with Gasteiger partial charge in [-0.2, -0.15) is 10.1 Å². The maximum atomic E-state index is 13.8. The van der Waals surface area contributed by atoms with Crippen molar-refractivity contribution >= 4 is 23.4 Å². The molecule has 6 nitrogen and oxygen atoms in total.